The highest BCUT2D eigenvalue weighted by Gasteiger charge is 2.62. The van der Waals surface area contributed by atoms with Gasteiger partial charge < -0.3 is 31.7 Å². The molecule has 0 aromatic heterocycles. The summed E-state index contributed by atoms with van der Waals surface area (Å²) >= 11 is 0. The van der Waals surface area contributed by atoms with Crippen LogP contribution in [0.3, 0.4) is 0 Å². The van der Waals surface area contributed by atoms with Gasteiger partial charge in [0.2, 0.25) is 29.4 Å². The van der Waals surface area contributed by atoms with Gasteiger partial charge in [0, 0.05) is 12.3 Å². The summed E-state index contributed by atoms with van der Waals surface area (Å²) in [6.07, 6.45) is 12.0. The lowest BCUT2D eigenvalue weighted by molar-refractivity contribution is -0.142. The predicted octanol–water partition coefficient (Wildman–Crippen LogP) is 4.29. The number of rotatable bonds is 13. The molecule has 2 aromatic rings. The van der Waals surface area contributed by atoms with Gasteiger partial charge in [-0.2, -0.15) is 0 Å². The number of Topliss-reactive ketones (excluding diaryl/α,β-unsaturated/α-hetero) is 1. The number of amides is 5. The van der Waals surface area contributed by atoms with Crippen LogP contribution in [0.4, 0.5) is 0 Å². The van der Waals surface area contributed by atoms with Gasteiger partial charge in [-0.3, -0.25) is 28.8 Å². The van der Waals surface area contributed by atoms with Crippen LogP contribution in [0.25, 0.3) is 0 Å². The van der Waals surface area contributed by atoms with Crippen LogP contribution in [0.1, 0.15) is 132 Å². The molecule has 5 amide bonds. The van der Waals surface area contributed by atoms with Crippen molar-refractivity contribution in [1.82, 2.24) is 26.6 Å². The van der Waals surface area contributed by atoms with Crippen LogP contribution < -0.4 is 26.6 Å². The van der Waals surface area contributed by atoms with Gasteiger partial charge in [-0.25, -0.2) is 4.79 Å². The van der Waals surface area contributed by atoms with Gasteiger partial charge in [0.25, 0.3) is 5.91 Å². The lowest BCUT2D eigenvalue weighted by atomic mass is 9.83. The summed E-state index contributed by atoms with van der Waals surface area (Å²) in [6, 6.07) is 12.7. The Labute approximate surface area is 328 Å². The van der Waals surface area contributed by atoms with Gasteiger partial charge in [-0.15, -0.1) is 0 Å². The second-order valence-electron chi connectivity index (χ2n) is 15.6. The van der Waals surface area contributed by atoms with Crippen LogP contribution in [0.2, 0.25) is 0 Å². The average Bonchev–Trinajstić information content (AvgIpc) is 3.94. The highest BCUT2D eigenvalue weighted by molar-refractivity contribution is 6.38. The van der Waals surface area contributed by atoms with Crippen LogP contribution in [0.15, 0.2) is 54.6 Å². The van der Waals surface area contributed by atoms with Crippen molar-refractivity contribution in [3.05, 3.63) is 71.3 Å². The molecule has 2 aliphatic carbocycles. The molecule has 5 rings (SSSR count). The van der Waals surface area contributed by atoms with Crippen molar-refractivity contribution in [3.8, 4) is 0 Å². The van der Waals surface area contributed by atoms with Crippen LogP contribution in [0.5, 0.6) is 0 Å². The Bertz CT molecular complexity index is 1730. The van der Waals surface area contributed by atoms with E-state index in [0.29, 0.717) is 24.8 Å². The van der Waals surface area contributed by atoms with Crippen molar-refractivity contribution in [1.29, 1.82) is 0 Å². The molecule has 1 aliphatic heterocycles. The second kappa shape index (κ2) is 20.2. The first-order valence-corrected chi connectivity index (χ1v) is 20.4. The Kier molecular flexibility index (Phi) is 15.2. The minimum atomic E-state index is -1.42. The predicted molar refractivity (Wildman–Crippen MR) is 209 cm³/mol. The number of carboxylic acid groups (broad SMARTS) is 1. The molecule has 2 fully saturated rings. The molecule has 3 aliphatic rings. The Morgan fingerprint density at radius 3 is 2.27 bits per heavy atom. The van der Waals surface area contributed by atoms with E-state index in [1.165, 1.54) is 0 Å². The molecule has 2 unspecified atom stereocenters. The van der Waals surface area contributed by atoms with Crippen molar-refractivity contribution in [2.45, 2.75) is 139 Å². The molecule has 0 radical (unpaired) electrons. The molecular weight excluding hydrogens is 714 g/mol. The summed E-state index contributed by atoms with van der Waals surface area (Å²) in [5.41, 5.74) is 0.926. The Morgan fingerprint density at radius 2 is 1.55 bits per heavy atom. The normalized spacial score (nSPS) is 23.1. The molecule has 302 valence electrons. The first-order valence-electron chi connectivity index (χ1n) is 20.4. The van der Waals surface area contributed by atoms with E-state index < -0.39 is 71.5 Å². The highest BCUT2D eigenvalue weighted by atomic mass is 16.4. The van der Waals surface area contributed by atoms with Crippen molar-refractivity contribution in [2.24, 2.45) is 5.92 Å². The molecule has 2 aromatic carbocycles. The summed E-state index contributed by atoms with van der Waals surface area (Å²) < 4.78 is 0. The molecule has 6 N–H and O–H groups in total. The first kappa shape index (κ1) is 42.1. The maximum atomic E-state index is 14.5. The minimum absolute atomic E-state index is 0.0753. The van der Waals surface area contributed by atoms with Crippen LogP contribution in [0, 0.1) is 5.92 Å². The molecule has 56 heavy (non-hydrogen) atoms. The number of ketones is 1. The number of hydrogen-bond acceptors (Lipinski definition) is 7. The number of carbonyl (C=O) groups excluding carboxylic acids is 6. The third kappa shape index (κ3) is 11.3. The number of hydrogen-bond donors (Lipinski definition) is 6. The van der Waals surface area contributed by atoms with E-state index in [4.69, 9.17) is 0 Å². The number of aliphatic carboxylic acids is 1. The largest absolute Gasteiger partial charge is 0.479 e. The number of carboxylic acids is 1. The summed E-state index contributed by atoms with van der Waals surface area (Å²) in [6.45, 7) is 1.24. The maximum absolute atomic E-state index is 14.5. The van der Waals surface area contributed by atoms with Crippen LogP contribution in [-0.2, 0) is 40.0 Å². The van der Waals surface area contributed by atoms with Crippen molar-refractivity contribution in [2.75, 3.05) is 6.54 Å². The topological polar surface area (TPSA) is 200 Å². The smallest absolute Gasteiger partial charge is 0.330 e. The van der Waals surface area contributed by atoms with Gasteiger partial charge in [-0.1, -0.05) is 113 Å². The zero-order chi connectivity index (χ0) is 40.1. The molecule has 13 nitrogen and oxygen atoms in total. The van der Waals surface area contributed by atoms with Crippen molar-refractivity contribution >= 4 is 41.3 Å². The van der Waals surface area contributed by atoms with Crippen molar-refractivity contribution in [3.63, 3.8) is 0 Å². The van der Waals surface area contributed by atoms with E-state index in [9.17, 15) is 38.7 Å². The molecule has 1 heterocycles. The number of benzene rings is 2. The molecule has 2 bridgehead atoms. The summed E-state index contributed by atoms with van der Waals surface area (Å²) in [4.78, 5) is 93.4. The Hall–Kier alpha value is -5.07. The number of unbranched alkanes of at least 4 members (excludes halogenated alkanes) is 1. The van der Waals surface area contributed by atoms with E-state index in [1.807, 2.05) is 19.1 Å². The van der Waals surface area contributed by atoms with E-state index in [-0.39, 0.29) is 24.7 Å². The number of fused-ring (bicyclic) bond motifs is 4. The fourth-order valence-electron chi connectivity index (χ4n) is 8.14. The quantitative estimate of drug-likeness (QED) is 0.162. The van der Waals surface area contributed by atoms with Gasteiger partial charge in [-0.05, 0) is 67.6 Å². The first-order chi connectivity index (χ1) is 27.0. The summed E-state index contributed by atoms with van der Waals surface area (Å²) in [7, 11) is 0. The molecular formula is C43H57N5O8. The summed E-state index contributed by atoms with van der Waals surface area (Å²) in [5, 5.41) is 23.2. The average molecular weight is 772 g/mol. The highest BCUT2D eigenvalue weighted by Crippen LogP contribution is 2.52. The van der Waals surface area contributed by atoms with Gasteiger partial charge in [0.1, 0.15) is 11.6 Å². The van der Waals surface area contributed by atoms with E-state index in [1.54, 1.807) is 30.3 Å². The Morgan fingerprint density at radius 1 is 0.857 bits per heavy atom. The molecule has 5 atom stereocenters. The van der Waals surface area contributed by atoms with Gasteiger partial charge >= 0.3 is 5.97 Å². The molecule has 13 heteroatoms. The lowest BCUT2D eigenvalue weighted by Gasteiger charge is -2.32. The third-order valence-corrected chi connectivity index (χ3v) is 11.4. The van der Waals surface area contributed by atoms with Crippen LogP contribution >= 0.6 is 0 Å². The third-order valence-electron chi connectivity index (χ3n) is 11.4. The van der Waals surface area contributed by atoms with E-state index in [2.05, 4.69) is 38.7 Å². The van der Waals surface area contributed by atoms with Crippen LogP contribution in [-0.4, -0.2) is 70.6 Å². The lowest BCUT2D eigenvalue weighted by Crippen LogP contribution is -2.60. The second-order valence-corrected chi connectivity index (χ2v) is 15.6. The Balaban J connectivity index is 1.35. The fraction of sp³-hybridized carbons (Fsp3) is 0.558. The monoisotopic (exact) mass is 771 g/mol. The SMILES string of the molecule is CCCCC(NC(=O)[C@]12CC1c1cccc(c1)CCCCCCCC(=O)N[C@@H](C1CCCCC1)C(=O)N2)C(=O)C(=O)NCC(=O)N[C@H](C(=O)O)c1ccccc1. The van der Waals surface area contributed by atoms with Gasteiger partial charge in [0.05, 0.1) is 12.6 Å². The standard InChI is InChI=1S/C43H57N5O8/c1-2-3-23-33(38(51)40(53)44-27-35(50)47-37(41(54)55)30-20-12-8-13-21-30)45-42(56)43-26-32(43)31-22-15-17-28(25-31)16-9-5-4-6-14-24-34(49)46-36(39(52)48-43)29-18-10-7-11-19-29/h8,12-13,15,17,20-22,25,29,32-33,36-37H,2-7,9-11,14,16,18-19,23-24,26-27H2,1H3,(H,44,53)(H,45,56)(H,46,49)(H,47,50)(H,48,52)(H,54,55)/t32?,33?,36-,37-,43-/m0/s1. The zero-order valence-electron chi connectivity index (χ0n) is 32.4. The minimum Gasteiger partial charge on any atom is -0.479 e. The van der Waals surface area contributed by atoms with Crippen molar-refractivity contribution < 1.29 is 38.7 Å². The number of carbonyl (C=O) groups is 7. The van der Waals surface area contributed by atoms with Gasteiger partial charge in [0.15, 0.2) is 6.04 Å². The van der Waals surface area contributed by atoms with E-state index in [0.717, 1.165) is 81.8 Å². The summed E-state index contributed by atoms with van der Waals surface area (Å²) in [5.74, 6) is -5.87. The fourth-order valence-corrected chi connectivity index (χ4v) is 8.14. The molecule has 0 spiro atoms. The molecule has 2 saturated carbocycles. The number of nitrogens with one attached hydrogen (secondary N) is 5. The number of aryl methyl sites for hydroxylation is 1. The zero-order valence-corrected chi connectivity index (χ0v) is 32.4. The maximum Gasteiger partial charge on any atom is 0.330 e. The molecule has 0 saturated heterocycles. The van der Waals surface area contributed by atoms with E-state index >= 15 is 0 Å².